The lowest BCUT2D eigenvalue weighted by Gasteiger charge is -2.21. The van der Waals surface area contributed by atoms with Crippen molar-refractivity contribution in [3.8, 4) is 0 Å². The van der Waals surface area contributed by atoms with Gasteiger partial charge in [-0.3, -0.25) is 4.79 Å². The van der Waals surface area contributed by atoms with E-state index in [2.05, 4.69) is 4.98 Å². The van der Waals surface area contributed by atoms with Gasteiger partial charge in [0.1, 0.15) is 0 Å². The molecular formula is C11H11F3N4O. The molecule has 2 aromatic rings. The standard InChI is InChI=1S/C11H11F3N4O/c1-17(2)18-9(19)7-5-6(15)3-4-8(7)16-10(18)11(12,13)14/h3-5H,15H2,1-2H3. The third-order valence-corrected chi connectivity index (χ3v) is 2.52. The fourth-order valence-corrected chi connectivity index (χ4v) is 1.75. The van der Waals surface area contributed by atoms with Crippen molar-refractivity contribution in [2.75, 3.05) is 24.8 Å². The molecule has 0 atom stereocenters. The number of benzene rings is 1. The first-order valence-electron chi connectivity index (χ1n) is 5.29. The zero-order chi connectivity index (χ0) is 14.4. The second kappa shape index (κ2) is 4.15. The summed E-state index contributed by atoms with van der Waals surface area (Å²) in [6.45, 7) is 0. The number of nitrogen functional groups attached to an aromatic ring is 1. The lowest BCUT2D eigenvalue weighted by Crippen LogP contribution is -2.41. The van der Waals surface area contributed by atoms with E-state index in [1.165, 1.54) is 32.3 Å². The Morgan fingerprint density at radius 2 is 1.95 bits per heavy atom. The molecule has 0 saturated heterocycles. The molecule has 1 aromatic carbocycles. The molecule has 0 radical (unpaired) electrons. The van der Waals surface area contributed by atoms with Crippen molar-refractivity contribution in [2.45, 2.75) is 6.18 Å². The van der Waals surface area contributed by atoms with Gasteiger partial charge in [0.05, 0.1) is 10.9 Å². The maximum Gasteiger partial charge on any atom is 0.451 e. The molecular weight excluding hydrogens is 261 g/mol. The van der Waals surface area contributed by atoms with Crippen LogP contribution in [0.15, 0.2) is 23.0 Å². The zero-order valence-corrected chi connectivity index (χ0v) is 10.2. The lowest BCUT2D eigenvalue weighted by molar-refractivity contribution is -0.147. The van der Waals surface area contributed by atoms with Crippen molar-refractivity contribution in [1.82, 2.24) is 9.66 Å². The molecule has 2 N–H and O–H groups in total. The number of aromatic nitrogens is 2. The summed E-state index contributed by atoms with van der Waals surface area (Å²) in [5.74, 6) is -1.26. The molecule has 2 rings (SSSR count). The predicted molar refractivity (Wildman–Crippen MR) is 65.5 cm³/mol. The van der Waals surface area contributed by atoms with E-state index in [1.54, 1.807) is 0 Å². The monoisotopic (exact) mass is 272 g/mol. The van der Waals surface area contributed by atoms with Crippen LogP contribution in [-0.4, -0.2) is 23.8 Å². The number of hydrogen-bond donors (Lipinski definition) is 1. The number of fused-ring (bicyclic) bond motifs is 1. The topological polar surface area (TPSA) is 64.2 Å². The van der Waals surface area contributed by atoms with Crippen LogP contribution < -0.4 is 16.3 Å². The van der Waals surface area contributed by atoms with Crippen LogP contribution in [-0.2, 0) is 6.18 Å². The maximum atomic E-state index is 12.9. The summed E-state index contributed by atoms with van der Waals surface area (Å²) in [5, 5.41) is 1.07. The molecule has 0 spiro atoms. The molecule has 0 unspecified atom stereocenters. The van der Waals surface area contributed by atoms with E-state index >= 15 is 0 Å². The number of rotatable bonds is 1. The van der Waals surface area contributed by atoms with E-state index in [-0.39, 0.29) is 16.6 Å². The minimum atomic E-state index is -4.72. The summed E-state index contributed by atoms with van der Waals surface area (Å²) in [6.07, 6.45) is -4.72. The van der Waals surface area contributed by atoms with E-state index in [0.717, 1.165) is 5.01 Å². The molecule has 0 bridgehead atoms. The van der Waals surface area contributed by atoms with Gasteiger partial charge in [-0.15, -0.1) is 0 Å². The van der Waals surface area contributed by atoms with Gasteiger partial charge in [-0.1, -0.05) is 0 Å². The number of nitrogens with two attached hydrogens (primary N) is 1. The molecule has 0 aliphatic heterocycles. The number of alkyl halides is 3. The molecule has 1 aromatic heterocycles. The van der Waals surface area contributed by atoms with Crippen molar-refractivity contribution in [3.05, 3.63) is 34.4 Å². The van der Waals surface area contributed by atoms with E-state index in [4.69, 9.17) is 5.73 Å². The zero-order valence-electron chi connectivity index (χ0n) is 10.2. The summed E-state index contributed by atoms with van der Waals surface area (Å²) >= 11 is 0. The Kier molecular flexibility index (Phi) is 2.88. The molecule has 102 valence electrons. The Labute approximate surface area is 106 Å². The highest BCUT2D eigenvalue weighted by atomic mass is 19.4. The lowest BCUT2D eigenvalue weighted by atomic mass is 10.2. The molecule has 1 heterocycles. The summed E-state index contributed by atoms with van der Waals surface area (Å²) < 4.78 is 39.2. The quantitative estimate of drug-likeness (QED) is 0.792. The number of hydrogen-bond acceptors (Lipinski definition) is 4. The highest BCUT2D eigenvalue weighted by molar-refractivity contribution is 5.81. The molecule has 5 nitrogen and oxygen atoms in total. The van der Waals surface area contributed by atoms with Gasteiger partial charge in [0, 0.05) is 19.8 Å². The van der Waals surface area contributed by atoms with Crippen molar-refractivity contribution < 1.29 is 13.2 Å². The number of nitrogens with zero attached hydrogens (tertiary/aromatic N) is 3. The normalized spacial score (nSPS) is 11.8. The highest BCUT2D eigenvalue weighted by Gasteiger charge is 2.38. The van der Waals surface area contributed by atoms with E-state index < -0.39 is 17.6 Å². The Morgan fingerprint density at radius 1 is 1.32 bits per heavy atom. The van der Waals surface area contributed by atoms with Crippen molar-refractivity contribution >= 4 is 16.6 Å². The molecule has 0 aliphatic carbocycles. The minimum absolute atomic E-state index is 0.0374. The maximum absolute atomic E-state index is 12.9. The van der Waals surface area contributed by atoms with Crippen molar-refractivity contribution in [2.24, 2.45) is 0 Å². The first-order chi connectivity index (χ1) is 8.71. The minimum Gasteiger partial charge on any atom is -0.399 e. The van der Waals surface area contributed by atoms with Gasteiger partial charge in [0.15, 0.2) is 0 Å². The van der Waals surface area contributed by atoms with Crippen LogP contribution in [0.1, 0.15) is 5.82 Å². The van der Waals surface area contributed by atoms with E-state index in [9.17, 15) is 18.0 Å². The molecule has 0 amide bonds. The Bertz CT molecular complexity index is 691. The molecule has 8 heteroatoms. The van der Waals surface area contributed by atoms with Crippen LogP contribution in [0.5, 0.6) is 0 Å². The van der Waals surface area contributed by atoms with Crippen LogP contribution in [0.3, 0.4) is 0 Å². The van der Waals surface area contributed by atoms with Crippen LogP contribution in [0.4, 0.5) is 18.9 Å². The summed E-state index contributed by atoms with van der Waals surface area (Å²) in [4.78, 5) is 15.6. The highest BCUT2D eigenvalue weighted by Crippen LogP contribution is 2.28. The second-order valence-corrected chi connectivity index (χ2v) is 4.17. The summed E-state index contributed by atoms with van der Waals surface area (Å²) in [5.41, 5.74) is 4.97. The third-order valence-electron chi connectivity index (χ3n) is 2.52. The van der Waals surface area contributed by atoms with Gasteiger partial charge in [-0.05, 0) is 18.2 Å². The molecule has 0 aliphatic rings. The van der Waals surface area contributed by atoms with Gasteiger partial charge in [-0.2, -0.15) is 17.8 Å². The molecule has 0 fully saturated rings. The van der Waals surface area contributed by atoms with Crippen LogP contribution in [0.2, 0.25) is 0 Å². The van der Waals surface area contributed by atoms with Gasteiger partial charge in [-0.25, -0.2) is 4.98 Å². The number of halogens is 3. The first kappa shape index (κ1) is 13.2. The summed E-state index contributed by atoms with van der Waals surface area (Å²) in [6, 6.07) is 4.00. The van der Waals surface area contributed by atoms with E-state index in [0.29, 0.717) is 4.68 Å². The Hall–Kier alpha value is -2.25. The fraction of sp³-hybridized carbons (Fsp3) is 0.273. The Balaban J connectivity index is 2.94. The first-order valence-corrected chi connectivity index (χ1v) is 5.29. The second-order valence-electron chi connectivity index (χ2n) is 4.17. The molecule has 19 heavy (non-hydrogen) atoms. The van der Waals surface area contributed by atoms with Crippen molar-refractivity contribution in [3.63, 3.8) is 0 Å². The van der Waals surface area contributed by atoms with E-state index in [1.807, 2.05) is 0 Å². The fourth-order valence-electron chi connectivity index (χ4n) is 1.75. The average molecular weight is 272 g/mol. The van der Waals surface area contributed by atoms with Gasteiger partial charge < -0.3 is 10.7 Å². The Morgan fingerprint density at radius 3 is 2.47 bits per heavy atom. The van der Waals surface area contributed by atoms with Crippen molar-refractivity contribution in [1.29, 1.82) is 0 Å². The van der Waals surface area contributed by atoms with Gasteiger partial charge in [0.25, 0.3) is 5.56 Å². The average Bonchev–Trinajstić information content (AvgIpc) is 2.27. The van der Waals surface area contributed by atoms with Gasteiger partial charge >= 0.3 is 6.18 Å². The number of anilines is 1. The largest absolute Gasteiger partial charge is 0.451 e. The smallest absolute Gasteiger partial charge is 0.399 e. The third kappa shape index (κ3) is 2.20. The molecule has 0 saturated carbocycles. The van der Waals surface area contributed by atoms with Crippen LogP contribution in [0.25, 0.3) is 10.9 Å². The van der Waals surface area contributed by atoms with Crippen LogP contribution in [0, 0.1) is 0 Å². The van der Waals surface area contributed by atoms with Gasteiger partial charge in [0.2, 0.25) is 5.82 Å². The van der Waals surface area contributed by atoms with Crippen LogP contribution >= 0.6 is 0 Å². The summed E-state index contributed by atoms with van der Waals surface area (Å²) in [7, 11) is 2.66. The SMILES string of the molecule is CN(C)n1c(C(F)(F)F)nc2ccc(N)cc2c1=O. The predicted octanol–water partition coefficient (Wildman–Crippen LogP) is 1.20.